The van der Waals surface area contributed by atoms with E-state index in [1.807, 2.05) is 61.5 Å². The molecule has 5 rings (SSSR count). The van der Waals surface area contributed by atoms with Gasteiger partial charge in [-0.2, -0.15) is 0 Å². The number of halogens is 1. The minimum atomic E-state index is -3.63. The zero-order valence-electron chi connectivity index (χ0n) is 16.7. The van der Waals surface area contributed by atoms with Gasteiger partial charge in [0.1, 0.15) is 0 Å². The first-order valence-electron chi connectivity index (χ1n) is 10.1. The van der Waals surface area contributed by atoms with Crippen LogP contribution in [0.25, 0.3) is 5.70 Å². The Labute approximate surface area is 182 Å². The van der Waals surface area contributed by atoms with Crippen LogP contribution in [-0.2, 0) is 10.0 Å². The highest BCUT2D eigenvalue weighted by atomic mass is 35.5. The van der Waals surface area contributed by atoms with Crippen LogP contribution in [0.3, 0.4) is 0 Å². The lowest BCUT2D eigenvalue weighted by atomic mass is 9.86. The zero-order valence-corrected chi connectivity index (χ0v) is 18.2. The largest absolute Gasteiger partial charge is 0.266 e. The second-order valence-electron chi connectivity index (χ2n) is 7.94. The molecule has 0 amide bonds. The molecule has 0 aromatic heterocycles. The van der Waals surface area contributed by atoms with Crippen molar-refractivity contribution in [2.45, 2.75) is 30.6 Å². The van der Waals surface area contributed by atoms with Gasteiger partial charge in [0, 0.05) is 23.0 Å². The number of nitrogens with zero attached hydrogens (tertiary/aromatic N) is 1. The van der Waals surface area contributed by atoms with Crippen molar-refractivity contribution in [2.75, 3.05) is 6.54 Å². The average molecular weight is 436 g/mol. The summed E-state index contributed by atoms with van der Waals surface area (Å²) in [6.07, 6.45) is 1.69. The van der Waals surface area contributed by atoms with Gasteiger partial charge in [-0.3, -0.25) is 4.31 Å². The minimum absolute atomic E-state index is 0.0597. The van der Waals surface area contributed by atoms with E-state index in [2.05, 4.69) is 6.07 Å². The molecule has 2 aliphatic rings. The molecule has 0 saturated heterocycles. The van der Waals surface area contributed by atoms with Crippen LogP contribution in [-0.4, -0.2) is 19.3 Å². The molecule has 0 radical (unpaired) electrons. The SMILES string of the molecule is Cc1ccc(S(=O)(=O)N2CCCC3=C2c2ccccc2C3c2ccc(Cl)cc2)cc1. The van der Waals surface area contributed by atoms with Crippen LogP contribution in [0.5, 0.6) is 0 Å². The second kappa shape index (κ2) is 7.29. The van der Waals surface area contributed by atoms with Crippen molar-refractivity contribution in [1.82, 2.24) is 4.31 Å². The highest BCUT2D eigenvalue weighted by molar-refractivity contribution is 7.89. The van der Waals surface area contributed by atoms with Crippen LogP contribution in [0.4, 0.5) is 0 Å². The molecule has 0 fully saturated rings. The number of aryl methyl sites for hydroxylation is 1. The molecule has 1 unspecified atom stereocenters. The Kier molecular flexibility index (Phi) is 4.72. The first-order valence-corrected chi connectivity index (χ1v) is 12.0. The van der Waals surface area contributed by atoms with Crippen molar-refractivity contribution in [3.05, 3.63) is 106 Å². The van der Waals surface area contributed by atoms with Crippen molar-refractivity contribution in [3.63, 3.8) is 0 Å². The van der Waals surface area contributed by atoms with Crippen LogP contribution in [0, 0.1) is 6.92 Å². The number of benzene rings is 3. The molecule has 0 saturated carbocycles. The molecule has 5 heteroatoms. The van der Waals surface area contributed by atoms with Gasteiger partial charge < -0.3 is 0 Å². The summed E-state index contributed by atoms with van der Waals surface area (Å²) in [7, 11) is -3.63. The van der Waals surface area contributed by atoms with E-state index < -0.39 is 10.0 Å². The van der Waals surface area contributed by atoms with Crippen LogP contribution >= 0.6 is 11.6 Å². The molecule has 30 heavy (non-hydrogen) atoms. The van der Waals surface area contributed by atoms with E-state index in [0.29, 0.717) is 16.5 Å². The van der Waals surface area contributed by atoms with E-state index in [0.717, 1.165) is 40.8 Å². The summed E-state index contributed by atoms with van der Waals surface area (Å²) in [5.41, 5.74) is 6.41. The van der Waals surface area contributed by atoms with Crippen molar-refractivity contribution < 1.29 is 8.42 Å². The topological polar surface area (TPSA) is 37.4 Å². The summed E-state index contributed by atoms with van der Waals surface area (Å²) in [6, 6.07) is 23.2. The standard InChI is InChI=1S/C25H22ClNO2S/c1-17-8-14-20(15-9-17)30(28,29)27-16-4-7-23-24(18-10-12-19(26)13-11-18)21-5-2-3-6-22(21)25(23)27/h2-3,5-6,8-15,24H,4,7,16H2,1H3. The zero-order chi connectivity index (χ0) is 20.9. The highest BCUT2D eigenvalue weighted by Gasteiger charge is 2.40. The highest BCUT2D eigenvalue weighted by Crippen LogP contribution is 2.51. The van der Waals surface area contributed by atoms with E-state index in [9.17, 15) is 8.42 Å². The number of hydrogen-bond donors (Lipinski definition) is 0. The Hall–Kier alpha value is -2.56. The molecule has 0 bridgehead atoms. The van der Waals surface area contributed by atoms with Crippen molar-refractivity contribution in [2.24, 2.45) is 0 Å². The fraction of sp³-hybridized carbons (Fsp3) is 0.200. The van der Waals surface area contributed by atoms with Crippen molar-refractivity contribution in [1.29, 1.82) is 0 Å². The first-order chi connectivity index (χ1) is 14.5. The Morgan fingerprint density at radius 1 is 0.933 bits per heavy atom. The van der Waals surface area contributed by atoms with Crippen molar-refractivity contribution >= 4 is 27.3 Å². The van der Waals surface area contributed by atoms with E-state index in [-0.39, 0.29) is 5.92 Å². The maximum atomic E-state index is 13.6. The lowest BCUT2D eigenvalue weighted by Crippen LogP contribution is -2.33. The maximum absolute atomic E-state index is 13.6. The quantitative estimate of drug-likeness (QED) is 0.506. The molecule has 152 valence electrons. The number of hydrogen-bond acceptors (Lipinski definition) is 2. The first kappa shape index (κ1) is 19.4. The van der Waals surface area contributed by atoms with Gasteiger partial charge in [-0.15, -0.1) is 0 Å². The Balaban J connectivity index is 1.68. The molecule has 1 aliphatic carbocycles. The lowest BCUT2D eigenvalue weighted by molar-refractivity contribution is 0.483. The third-order valence-corrected chi connectivity index (χ3v) is 8.11. The summed E-state index contributed by atoms with van der Waals surface area (Å²) in [5, 5.41) is 0.700. The average Bonchev–Trinajstić information content (AvgIpc) is 3.09. The molecule has 3 nitrogen and oxygen atoms in total. The van der Waals surface area contributed by atoms with Crippen LogP contribution in [0.15, 0.2) is 83.3 Å². The Morgan fingerprint density at radius 2 is 1.63 bits per heavy atom. The number of sulfonamides is 1. The summed E-state index contributed by atoms with van der Waals surface area (Å²) < 4.78 is 28.9. The molecular weight excluding hydrogens is 414 g/mol. The molecule has 1 aliphatic heterocycles. The molecule has 3 aromatic rings. The van der Waals surface area contributed by atoms with Gasteiger partial charge in [-0.25, -0.2) is 8.42 Å². The summed E-state index contributed by atoms with van der Waals surface area (Å²) in [4.78, 5) is 0.342. The van der Waals surface area contributed by atoms with Gasteiger partial charge in [0.2, 0.25) is 0 Å². The Bertz CT molecular complexity index is 1250. The number of rotatable bonds is 3. The predicted molar refractivity (Wildman–Crippen MR) is 121 cm³/mol. The summed E-state index contributed by atoms with van der Waals surface area (Å²) >= 11 is 6.12. The third kappa shape index (κ3) is 3.06. The van der Waals surface area contributed by atoms with Crippen LogP contribution in [0.2, 0.25) is 5.02 Å². The third-order valence-electron chi connectivity index (χ3n) is 6.05. The molecule has 0 N–H and O–H groups in total. The maximum Gasteiger partial charge on any atom is 0.264 e. The van der Waals surface area contributed by atoms with Gasteiger partial charge in [-0.1, -0.05) is 65.7 Å². The lowest BCUT2D eigenvalue weighted by Gasteiger charge is -2.32. The fourth-order valence-corrected chi connectivity index (χ4v) is 6.34. The predicted octanol–water partition coefficient (Wildman–Crippen LogP) is 5.99. The van der Waals surface area contributed by atoms with Gasteiger partial charge in [0.25, 0.3) is 10.0 Å². The second-order valence-corrected chi connectivity index (χ2v) is 10.2. The summed E-state index contributed by atoms with van der Waals surface area (Å²) in [6.45, 7) is 2.46. The van der Waals surface area contributed by atoms with Crippen LogP contribution in [0.1, 0.15) is 41.0 Å². The smallest absolute Gasteiger partial charge is 0.264 e. The van der Waals surface area contributed by atoms with Gasteiger partial charge in [0.15, 0.2) is 0 Å². The fourth-order valence-electron chi connectivity index (χ4n) is 4.66. The van der Waals surface area contributed by atoms with E-state index in [1.165, 1.54) is 5.57 Å². The van der Waals surface area contributed by atoms with Gasteiger partial charge in [-0.05, 0) is 60.7 Å². The van der Waals surface area contributed by atoms with E-state index in [1.54, 1.807) is 16.4 Å². The van der Waals surface area contributed by atoms with Gasteiger partial charge >= 0.3 is 0 Å². The Morgan fingerprint density at radius 3 is 2.37 bits per heavy atom. The monoisotopic (exact) mass is 435 g/mol. The summed E-state index contributed by atoms with van der Waals surface area (Å²) in [5.74, 6) is 0.0597. The molecule has 1 heterocycles. The van der Waals surface area contributed by atoms with Gasteiger partial charge in [0.05, 0.1) is 10.6 Å². The molecule has 3 aromatic carbocycles. The number of allylic oxidation sites excluding steroid dienone is 1. The number of fused-ring (bicyclic) bond motifs is 2. The normalized spacial score (nSPS) is 18.3. The molecule has 1 atom stereocenters. The molecular formula is C25H22ClNO2S. The van der Waals surface area contributed by atoms with E-state index >= 15 is 0 Å². The minimum Gasteiger partial charge on any atom is -0.266 e. The molecule has 0 spiro atoms. The van der Waals surface area contributed by atoms with Crippen LogP contribution < -0.4 is 0 Å². The van der Waals surface area contributed by atoms with E-state index in [4.69, 9.17) is 11.6 Å². The van der Waals surface area contributed by atoms with Crippen molar-refractivity contribution in [3.8, 4) is 0 Å².